The first-order chi connectivity index (χ1) is 15.4. The van der Waals surface area contributed by atoms with E-state index in [0.717, 1.165) is 39.0 Å². The van der Waals surface area contributed by atoms with Gasteiger partial charge in [-0.05, 0) is 44.2 Å². The average Bonchev–Trinajstić information content (AvgIpc) is 3.33. The van der Waals surface area contributed by atoms with Crippen LogP contribution in [0.15, 0.2) is 36.5 Å². The van der Waals surface area contributed by atoms with Gasteiger partial charge in [0.1, 0.15) is 11.4 Å². The first-order valence-corrected chi connectivity index (χ1v) is 11.5. The minimum atomic E-state index is -0.462. The highest BCUT2D eigenvalue weighted by molar-refractivity contribution is 6.30. The second kappa shape index (κ2) is 9.92. The van der Waals surface area contributed by atoms with Crippen molar-refractivity contribution in [3.8, 4) is 5.75 Å². The number of hydrogen-bond donors (Lipinski definition) is 1. The third-order valence-corrected chi connectivity index (χ3v) is 6.64. The molecule has 8 nitrogen and oxygen atoms in total. The van der Waals surface area contributed by atoms with E-state index in [1.807, 2.05) is 21.9 Å². The molecule has 32 heavy (non-hydrogen) atoms. The number of carbonyl (C=O) groups is 2. The van der Waals surface area contributed by atoms with Crippen LogP contribution >= 0.6 is 11.6 Å². The van der Waals surface area contributed by atoms with Crippen LogP contribution in [0.2, 0.25) is 5.02 Å². The summed E-state index contributed by atoms with van der Waals surface area (Å²) < 4.78 is 6.13. The Balaban J connectivity index is 1.51. The summed E-state index contributed by atoms with van der Waals surface area (Å²) in [6, 6.07) is 8.95. The Kier molecular flexibility index (Phi) is 7.01. The maximum Gasteiger partial charge on any atom is 0.271 e. The molecule has 1 atom stereocenters. The summed E-state index contributed by atoms with van der Waals surface area (Å²) in [5.41, 5.74) is -0.00148. The van der Waals surface area contributed by atoms with Gasteiger partial charge in [-0.2, -0.15) is 5.10 Å². The molecule has 0 saturated carbocycles. The van der Waals surface area contributed by atoms with Crippen LogP contribution in [0.1, 0.15) is 29.8 Å². The van der Waals surface area contributed by atoms with Gasteiger partial charge in [0.05, 0.1) is 6.61 Å². The smallest absolute Gasteiger partial charge is 0.271 e. The fourth-order valence-electron chi connectivity index (χ4n) is 4.52. The van der Waals surface area contributed by atoms with Crippen molar-refractivity contribution < 1.29 is 14.3 Å². The van der Waals surface area contributed by atoms with Gasteiger partial charge in [-0.15, -0.1) is 0 Å². The zero-order valence-electron chi connectivity index (χ0n) is 18.4. The molecule has 0 aliphatic carbocycles. The highest BCUT2D eigenvalue weighted by atomic mass is 35.5. The maximum absolute atomic E-state index is 13.3. The molecule has 2 aromatic rings. The van der Waals surface area contributed by atoms with Crippen molar-refractivity contribution >= 4 is 23.4 Å². The van der Waals surface area contributed by atoms with Gasteiger partial charge in [-0.3, -0.25) is 14.7 Å². The lowest BCUT2D eigenvalue weighted by atomic mass is 9.77. The van der Waals surface area contributed by atoms with E-state index < -0.39 is 5.41 Å². The van der Waals surface area contributed by atoms with E-state index in [1.54, 1.807) is 24.4 Å². The number of piperazine rings is 1. The highest BCUT2D eigenvalue weighted by Gasteiger charge is 2.41. The van der Waals surface area contributed by atoms with E-state index in [9.17, 15) is 9.59 Å². The SMILES string of the molecule is CN1CCN(C(=O)CC2(COc3cccc(Cl)c3)CCCN(C(=O)c3ccn[nH]3)C2)CC1. The first kappa shape index (κ1) is 22.6. The number of nitrogens with one attached hydrogen (secondary N) is 1. The zero-order valence-corrected chi connectivity index (χ0v) is 19.2. The fraction of sp³-hybridized carbons (Fsp3) is 0.522. The number of hydrogen-bond acceptors (Lipinski definition) is 5. The molecule has 3 heterocycles. The third-order valence-electron chi connectivity index (χ3n) is 6.40. The van der Waals surface area contributed by atoms with Crippen molar-refractivity contribution in [3.63, 3.8) is 0 Å². The Bertz CT molecular complexity index is 929. The van der Waals surface area contributed by atoms with E-state index >= 15 is 0 Å². The molecule has 2 aliphatic heterocycles. The third kappa shape index (κ3) is 5.42. The number of amides is 2. The molecule has 0 bridgehead atoms. The van der Waals surface area contributed by atoms with Crippen molar-refractivity contribution in [2.24, 2.45) is 5.41 Å². The summed E-state index contributed by atoms with van der Waals surface area (Å²) in [6.07, 6.45) is 3.56. The Labute approximate surface area is 193 Å². The Morgan fingerprint density at radius 1 is 1.16 bits per heavy atom. The number of carbonyl (C=O) groups excluding carboxylic acids is 2. The van der Waals surface area contributed by atoms with Crippen LogP contribution in [0.3, 0.4) is 0 Å². The summed E-state index contributed by atoms with van der Waals surface area (Å²) in [6.45, 7) is 4.68. The van der Waals surface area contributed by atoms with Crippen LogP contribution in [0, 0.1) is 5.41 Å². The van der Waals surface area contributed by atoms with E-state index in [4.69, 9.17) is 16.3 Å². The van der Waals surface area contributed by atoms with Crippen molar-refractivity contribution in [1.29, 1.82) is 0 Å². The molecule has 2 aliphatic rings. The zero-order chi connectivity index (χ0) is 22.6. The van der Waals surface area contributed by atoms with Crippen LogP contribution in [-0.4, -0.2) is 89.6 Å². The van der Waals surface area contributed by atoms with Crippen LogP contribution < -0.4 is 4.74 Å². The van der Waals surface area contributed by atoms with Gasteiger partial charge in [0.15, 0.2) is 0 Å². The largest absolute Gasteiger partial charge is 0.493 e. The predicted molar refractivity (Wildman–Crippen MR) is 122 cm³/mol. The second-order valence-corrected chi connectivity index (χ2v) is 9.34. The van der Waals surface area contributed by atoms with E-state index in [0.29, 0.717) is 42.6 Å². The van der Waals surface area contributed by atoms with E-state index in [-0.39, 0.29) is 11.8 Å². The molecule has 2 saturated heterocycles. The van der Waals surface area contributed by atoms with Crippen molar-refractivity contribution in [3.05, 3.63) is 47.2 Å². The summed E-state index contributed by atoms with van der Waals surface area (Å²) in [5, 5.41) is 7.26. The number of ether oxygens (including phenoxy) is 1. The topological polar surface area (TPSA) is 81.8 Å². The normalized spacial score (nSPS) is 22.1. The molecule has 2 amide bonds. The Morgan fingerprint density at radius 3 is 2.69 bits per heavy atom. The molecule has 1 aromatic heterocycles. The van der Waals surface area contributed by atoms with Crippen LogP contribution in [0.25, 0.3) is 0 Å². The van der Waals surface area contributed by atoms with Gasteiger partial charge in [0, 0.05) is 62.3 Å². The van der Waals surface area contributed by atoms with Crippen molar-refractivity contribution in [1.82, 2.24) is 24.9 Å². The molecule has 4 rings (SSSR count). The number of H-pyrrole nitrogens is 1. The lowest BCUT2D eigenvalue weighted by molar-refractivity contribution is -0.137. The minimum absolute atomic E-state index is 0.0959. The van der Waals surface area contributed by atoms with E-state index in [2.05, 4.69) is 22.1 Å². The molecule has 0 radical (unpaired) electrons. The number of piperidine rings is 1. The number of halogens is 1. The number of benzene rings is 1. The van der Waals surface area contributed by atoms with Gasteiger partial charge in [0.2, 0.25) is 5.91 Å². The number of nitrogens with zero attached hydrogens (tertiary/aromatic N) is 4. The quantitative estimate of drug-likeness (QED) is 0.717. The molecule has 2 fully saturated rings. The summed E-state index contributed by atoms with van der Waals surface area (Å²) in [7, 11) is 2.07. The monoisotopic (exact) mass is 459 g/mol. The van der Waals surface area contributed by atoms with Gasteiger partial charge < -0.3 is 19.4 Å². The number of rotatable bonds is 6. The molecule has 9 heteroatoms. The number of aromatic nitrogens is 2. The van der Waals surface area contributed by atoms with Crippen LogP contribution in [0.5, 0.6) is 5.75 Å². The van der Waals surface area contributed by atoms with Crippen LogP contribution in [-0.2, 0) is 4.79 Å². The molecule has 1 aromatic carbocycles. The van der Waals surface area contributed by atoms with Gasteiger partial charge in [-0.1, -0.05) is 17.7 Å². The lowest BCUT2D eigenvalue weighted by Crippen LogP contribution is -2.53. The Hall–Kier alpha value is -2.58. The van der Waals surface area contributed by atoms with E-state index in [1.165, 1.54) is 0 Å². The lowest BCUT2D eigenvalue weighted by Gasteiger charge is -2.43. The van der Waals surface area contributed by atoms with Gasteiger partial charge in [-0.25, -0.2) is 0 Å². The average molecular weight is 460 g/mol. The van der Waals surface area contributed by atoms with Gasteiger partial charge in [0.25, 0.3) is 5.91 Å². The maximum atomic E-state index is 13.3. The molecule has 172 valence electrons. The van der Waals surface area contributed by atoms with Gasteiger partial charge >= 0.3 is 0 Å². The summed E-state index contributed by atoms with van der Waals surface area (Å²) in [5.74, 6) is 0.700. The fourth-order valence-corrected chi connectivity index (χ4v) is 4.70. The van der Waals surface area contributed by atoms with Crippen LogP contribution in [0.4, 0.5) is 0 Å². The standard InChI is InChI=1S/C23H30ClN5O3/c1-27-10-12-28(13-11-27)21(30)15-23(17-32-19-5-2-4-18(24)14-19)7-3-9-29(16-23)22(31)20-6-8-25-26-20/h2,4-6,8,14H,3,7,9-13,15-17H2,1H3,(H,25,26). The molecule has 0 spiro atoms. The summed E-state index contributed by atoms with van der Waals surface area (Å²) in [4.78, 5) is 32.2. The molecule has 1 N–H and O–H groups in total. The van der Waals surface area contributed by atoms with Crippen molar-refractivity contribution in [2.45, 2.75) is 19.3 Å². The van der Waals surface area contributed by atoms with Crippen molar-refractivity contribution in [2.75, 3.05) is 52.9 Å². The molecular formula is C23H30ClN5O3. The molecule has 1 unspecified atom stereocenters. The summed E-state index contributed by atoms with van der Waals surface area (Å²) >= 11 is 6.11. The first-order valence-electron chi connectivity index (χ1n) is 11.1. The second-order valence-electron chi connectivity index (χ2n) is 8.91. The number of likely N-dealkylation sites (N-methyl/N-ethyl adjacent to an activating group) is 1. The highest BCUT2D eigenvalue weighted by Crippen LogP contribution is 2.36. The number of likely N-dealkylation sites (tertiary alicyclic amines) is 1. The predicted octanol–water partition coefficient (Wildman–Crippen LogP) is 2.53. The minimum Gasteiger partial charge on any atom is -0.493 e. The number of aromatic amines is 1. The molecular weight excluding hydrogens is 430 g/mol. The Morgan fingerprint density at radius 2 is 1.97 bits per heavy atom.